The van der Waals surface area contributed by atoms with Gasteiger partial charge < -0.3 is 9.47 Å². The summed E-state index contributed by atoms with van der Waals surface area (Å²) < 4.78 is 10.9. The van der Waals surface area contributed by atoms with Gasteiger partial charge in [0.25, 0.3) is 11.6 Å². The highest BCUT2D eigenvalue weighted by Gasteiger charge is 2.30. The van der Waals surface area contributed by atoms with Crippen LogP contribution in [0.1, 0.15) is 12.8 Å². The first-order chi connectivity index (χ1) is 9.60. The molecule has 0 aromatic heterocycles. The molecule has 1 aliphatic rings. The number of hydrazine groups is 1. The average Bonchev–Trinajstić information content (AvgIpc) is 2.93. The molecule has 2 atom stereocenters. The van der Waals surface area contributed by atoms with Crippen LogP contribution in [0.5, 0.6) is 5.75 Å². The fourth-order valence-electron chi connectivity index (χ4n) is 1.99. The zero-order valence-electron chi connectivity index (χ0n) is 10.7. The summed E-state index contributed by atoms with van der Waals surface area (Å²) in [4.78, 5) is 21.4. The lowest BCUT2D eigenvalue weighted by atomic mass is 10.2. The number of non-ortho nitro benzene ring substituents is 1. The minimum absolute atomic E-state index is 0.0322. The second-order valence-electron chi connectivity index (χ2n) is 4.40. The molecule has 0 spiro atoms. The molecule has 8 nitrogen and oxygen atoms in total. The van der Waals surface area contributed by atoms with E-state index in [0.717, 1.165) is 0 Å². The number of ether oxygens (including phenoxy) is 2. The topological polar surface area (TPSA) is 117 Å². The number of hydrogen-bond acceptors (Lipinski definition) is 6. The lowest BCUT2D eigenvalue weighted by molar-refractivity contribution is -0.384. The minimum atomic E-state index is -0.557. The maximum absolute atomic E-state index is 11.3. The van der Waals surface area contributed by atoms with E-state index in [1.807, 2.05) is 5.43 Å². The lowest BCUT2D eigenvalue weighted by Crippen LogP contribution is -2.39. The van der Waals surface area contributed by atoms with Crippen LogP contribution < -0.4 is 16.0 Å². The van der Waals surface area contributed by atoms with E-state index in [2.05, 4.69) is 0 Å². The van der Waals surface area contributed by atoms with E-state index in [1.165, 1.54) is 12.1 Å². The molecule has 1 aliphatic heterocycles. The number of nitrogens with two attached hydrogens (primary N) is 1. The van der Waals surface area contributed by atoms with Gasteiger partial charge in [-0.15, -0.1) is 0 Å². The smallest absolute Gasteiger partial charge is 0.273 e. The number of benzene rings is 1. The number of nitro groups is 1. The minimum Gasteiger partial charge on any atom is -0.491 e. The molecule has 1 heterocycles. The monoisotopic (exact) mass is 281 g/mol. The Balaban J connectivity index is 1.86. The van der Waals surface area contributed by atoms with E-state index in [-0.39, 0.29) is 24.3 Å². The van der Waals surface area contributed by atoms with Gasteiger partial charge in [-0.05, 0) is 18.9 Å². The zero-order chi connectivity index (χ0) is 14.5. The highest BCUT2D eigenvalue weighted by Crippen LogP contribution is 2.23. The Morgan fingerprint density at radius 2 is 2.35 bits per heavy atom. The van der Waals surface area contributed by atoms with Crippen molar-refractivity contribution in [3.63, 3.8) is 0 Å². The molecule has 2 unspecified atom stereocenters. The fourth-order valence-corrected chi connectivity index (χ4v) is 1.99. The Morgan fingerprint density at radius 1 is 1.55 bits per heavy atom. The van der Waals surface area contributed by atoms with E-state index in [9.17, 15) is 14.9 Å². The van der Waals surface area contributed by atoms with Crippen molar-refractivity contribution >= 4 is 11.6 Å². The molecule has 0 radical (unpaired) electrons. The van der Waals surface area contributed by atoms with Crippen LogP contribution in [0.25, 0.3) is 0 Å². The van der Waals surface area contributed by atoms with E-state index < -0.39 is 11.0 Å². The summed E-state index contributed by atoms with van der Waals surface area (Å²) in [6, 6.07) is 5.92. The number of rotatable bonds is 5. The molecular formula is C12H15N3O5. The lowest BCUT2D eigenvalue weighted by Gasteiger charge is -2.13. The molecule has 1 aromatic rings. The zero-order valence-corrected chi connectivity index (χ0v) is 10.7. The normalized spacial score (nSPS) is 21.4. The van der Waals surface area contributed by atoms with E-state index in [1.54, 1.807) is 12.1 Å². The molecule has 1 amide bonds. The number of nitrogens with one attached hydrogen (secondary N) is 1. The van der Waals surface area contributed by atoms with Crippen molar-refractivity contribution in [2.75, 3.05) is 6.61 Å². The number of nitro benzene ring substituents is 1. The molecule has 1 fully saturated rings. The van der Waals surface area contributed by atoms with Crippen molar-refractivity contribution in [1.29, 1.82) is 0 Å². The molecule has 2 rings (SSSR count). The van der Waals surface area contributed by atoms with Gasteiger partial charge in [0.2, 0.25) is 0 Å². The first kappa shape index (κ1) is 14.2. The predicted octanol–water partition coefficient (Wildman–Crippen LogP) is 0.511. The van der Waals surface area contributed by atoms with Crippen LogP contribution in [-0.2, 0) is 9.53 Å². The van der Waals surface area contributed by atoms with Crippen LogP contribution in [-0.4, -0.2) is 29.6 Å². The molecule has 0 bridgehead atoms. The van der Waals surface area contributed by atoms with E-state index in [4.69, 9.17) is 15.3 Å². The molecule has 1 saturated heterocycles. The third-order valence-corrected chi connectivity index (χ3v) is 3.01. The van der Waals surface area contributed by atoms with Crippen LogP contribution in [0.15, 0.2) is 24.3 Å². The fraction of sp³-hybridized carbons (Fsp3) is 0.417. The first-order valence-corrected chi connectivity index (χ1v) is 6.13. The van der Waals surface area contributed by atoms with Gasteiger partial charge in [-0.1, -0.05) is 6.07 Å². The largest absolute Gasteiger partial charge is 0.491 e. The van der Waals surface area contributed by atoms with Gasteiger partial charge in [-0.3, -0.25) is 20.3 Å². The van der Waals surface area contributed by atoms with Crippen LogP contribution in [0.3, 0.4) is 0 Å². The number of nitrogens with zero attached hydrogens (tertiary/aromatic N) is 1. The Hall–Kier alpha value is -2.19. The van der Waals surface area contributed by atoms with Crippen molar-refractivity contribution in [2.24, 2.45) is 5.84 Å². The van der Waals surface area contributed by atoms with Crippen LogP contribution in [0.2, 0.25) is 0 Å². The van der Waals surface area contributed by atoms with Gasteiger partial charge in [0.15, 0.2) is 0 Å². The Kier molecular flexibility index (Phi) is 4.49. The van der Waals surface area contributed by atoms with Gasteiger partial charge in [-0.25, -0.2) is 5.84 Å². The summed E-state index contributed by atoms with van der Waals surface area (Å²) in [7, 11) is 0. The summed E-state index contributed by atoms with van der Waals surface area (Å²) in [5.41, 5.74) is 2.01. The second-order valence-corrected chi connectivity index (χ2v) is 4.40. The summed E-state index contributed by atoms with van der Waals surface area (Å²) in [5, 5.41) is 10.6. The third kappa shape index (κ3) is 3.43. The van der Waals surface area contributed by atoms with Crippen molar-refractivity contribution in [1.82, 2.24) is 5.43 Å². The maximum atomic E-state index is 11.3. The number of hydrogen-bond donors (Lipinski definition) is 2. The highest BCUT2D eigenvalue weighted by atomic mass is 16.6. The standard InChI is InChI=1S/C12H15N3O5/c13-14-12(16)11-5-4-10(20-11)7-19-9-3-1-2-8(6-9)15(17)18/h1-3,6,10-11H,4-5,7,13H2,(H,14,16). The van der Waals surface area contributed by atoms with Crippen LogP contribution in [0, 0.1) is 10.1 Å². The Labute approximate surface area is 115 Å². The number of amides is 1. The third-order valence-electron chi connectivity index (χ3n) is 3.01. The van der Waals surface area contributed by atoms with Crippen LogP contribution >= 0.6 is 0 Å². The molecule has 20 heavy (non-hydrogen) atoms. The van der Waals surface area contributed by atoms with Gasteiger partial charge in [-0.2, -0.15) is 0 Å². The Morgan fingerprint density at radius 3 is 3.05 bits per heavy atom. The van der Waals surface area contributed by atoms with E-state index in [0.29, 0.717) is 18.6 Å². The van der Waals surface area contributed by atoms with Crippen molar-refractivity contribution < 1.29 is 19.2 Å². The quantitative estimate of drug-likeness (QED) is 0.351. The SMILES string of the molecule is NNC(=O)C1CCC(COc2cccc([N+](=O)[O-])c2)O1. The molecule has 0 aliphatic carbocycles. The van der Waals surface area contributed by atoms with Gasteiger partial charge in [0, 0.05) is 6.07 Å². The molecule has 3 N–H and O–H groups in total. The summed E-state index contributed by atoms with van der Waals surface area (Å²) in [5.74, 6) is 5.07. The second kappa shape index (κ2) is 6.31. The van der Waals surface area contributed by atoms with Crippen LogP contribution in [0.4, 0.5) is 5.69 Å². The summed E-state index contributed by atoms with van der Waals surface area (Å²) >= 11 is 0. The maximum Gasteiger partial charge on any atom is 0.273 e. The van der Waals surface area contributed by atoms with Gasteiger partial charge in [0.05, 0.1) is 17.1 Å². The average molecular weight is 281 g/mol. The molecular weight excluding hydrogens is 266 g/mol. The first-order valence-electron chi connectivity index (χ1n) is 6.13. The van der Waals surface area contributed by atoms with Gasteiger partial charge in [0.1, 0.15) is 18.5 Å². The van der Waals surface area contributed by atoms with E-state index >= 15 is 0 Å². The molecule has 0 saturated carbocycles. The van der Waals surface area contributed by atoms with Crippen molar-refractivity contribution in [3.05, 3.63) is 34.4 Å². The Bertz CT molecular complexity index is 508. The highest BCUT2D eigenvalue weighted by molar-refractivity contribution is 5.80. The summed E-state index contributed by atoms with van der Waals surface area (Å²) in [6.45, 7) is 0.232. The van der Waals surface area contributed by atoms with Crippen molar-refractivity contribution in [2.45, 2.75) is 25.0 Å². The number of carbonyl (C=O) groups excluding carboxylic acids is 1. The molecule has 108 valence electrons. The van der Waals surface area contributed by atoms with Gasteiger partial charge >= 0.3 is 0 Å². The van der Waals surface area contributed by atoms with Crippen molar-refractivity contribution in [3.8, 4) is 5.75 Å². The molecule has 8 heteroatoms. The number of carbonyl (C=O) groups is 1. The molecule has 1 aromatic carbocycles. The predicted molar refractivity (Wildman–Crippen MR) is 68.8 cm³/mol. The summed E-state index contributed by atoms with van der Waals surface area (Å²) in [6.07, 6.45) is 0.467.